The van der Waals surface area contributed by atoms with Gasteiger partial charge in [-0.3, -0.25) is 4.79 Å². The van der Waals surface area contributed by atoms with Crippen molar-refractivity contribution in [3.8, 4) is 0 Å². The van der Waals surface area contributed by atoms with Crippen LogP contribution in [-0.2, 0) is 4.79 Å². The molecule has 0 aromatic carbocycles. The van der Waals surface area contributed by atoms with Crippen LogP contribution in [0.4, 0.5) is 0 Å². The van der Waals surface area contributed by atoms with Crippen LogP contribution in [0.15, 0.2) is 0 Å². The Hall–Kier alpha value is -0.505. The van der Waals surface area contributed by atoms with Gasteiger partial charge in [0.05, 0.1) is 7.85 Å². The molecule has 0 aromatic heterocycles. The van der Waals surface area contributed by atoms with Crippen molar-refractivity contribution >= 4 is 13.8 Å². The molecule has 2 N–H and O–H groups in total. The highest BCUT2D eigenvalue weighted by molar-refractivity contribution is 6.15. The smallest absolute Gasteiger partial charge is 0.222 e. The van der Waals surface area contributed by atoms with Crippen molar-refractivity contribution < 1.29 is 4.79 Å². The van der Waals surface area contributed by atoms with Crippen molar-refractivity contribution in [2.24, 2.45) is 11.7 Å². The van der Waals surface area contributed by atoms with Gasteiger partial charge in [-0.15, -0.1) is 0 Å². The summed E-state index contributed by atoms with van der Waals surface area (Å²) in [6, 6.07) is 0.267. The van der Waals surface area contributed by atoms with E-state index in [0.29, 0.717) is 6.42 Å². The molecule has 1 heterocycles. The molecule has 1 aliphatic heterocycles. The van der Waals surface area contributed by atoms with Crippen molar-refractivity contribution in [3.05, 3.63) is 0 Å². The number of likely N-dealkylation sites (tertiary alicyclic amines) is 1. The highest BCUT2D eigenvalue weighted by atomic mass is 16.2. The number of carbonyl (C=O) groups excluding carboxylic acids is 1. The third-order valence-corrected chi connectivity index (χ3v) is 4.07. The average Bonchev–Trinajstić information content (AvgIpc) is 2.32. The summed E-state index contributed by atoms with van der Waals surface area (Å²) in [4.78, 5) is 13.5. The molecule has 1 saturated carbocycles. The van der Waals surface area contributed by atoms with E-state index in [2.05, 4.69) is 0 Å². The Kier molecular flexibility index (Phi) is 2.80. The first-order valence-electron chi connectivity index (χ1n) is 5.86. The molecule has 2 rings (SSSR count). The van der Waals surface area contributed by atoms with Gasteiger partial charge < -0.3 is 10.6 Å². The van der Waals surface area contributed by atoms with Gasteiger partial charge in [-0.05, 0) is 30.6 Å². The van der Waals surface area contributed by atoms with Crippen LogP contribution in [0.5, 0.6) is 0 Å². The quantitative estimate of drug-likeness (QED) is 0.590. The van der Waals surface area contributed by atoms with Crippen LogP contribution in [-0.4, -0.2) is 37.2 Å². The lowest BCUT2D eigenvalue weighted by Crippen LogP contribution is -2.58. The van der Waals surface area contributed by atoms with Gasteiger partial charge >= 0.3 is 0 Å². The van der Waals surface area contributed by atoms with Gasteiger partial charge in [-0.25, -0.2) is 0 Å². The minimum Gasteiger partial charge on any atom is -0.342 e. The molecule has 1 saturated heterocycles. The number of hydrogen-bond acceptors (Lipinski definition) is 2. The third kappa shape index (κ3) is 1.92. The molecule has 2 fully saturated rings. The summed E-state index contributed by atoms with van der Waals surface area (Å²) in [6.07, 6.45) is 5.63. The van der Waals surface area contributed by atoms with Gasteiger partial charge in [-0.1, -0.05) is 12.8 Å². The largest absolute Gasteiger partial charge is 0.342 e. The molecule has 1 amide bonds. The number of amides is 1. The SMILES string of the molecule is [B]C1(N)CCCCC2C1CCC(=O)N2C. The van der Waals surface area contributed by atoms with E-state index in [4.69, 9.17) is 13.6 Å². The van der Waals surface area contributed by atoms with E-state index in [-0.39, 0.29) is 17.9 Å². The summed E-state index contributed by atoms with van der Waals surface area (Å²) >= 11 is 0. The molecule has 3 atom stereocenters. The zero-order valence-corrected chi connectivity index (χ0v) is 9.41. The third-order valence-electron chi connectivity index (χ3n) is 4.07. The Labute approximate surface area is 92.8 Å². The standard InChI is InChI=1S/C11H19BN2O/c1-14-9-4-2-3-7-11(12,13)8(9)5-6-10(14)15/h8-9H,2-7,13H2,1H3. The fourth-order valence-electron chi connectivity index (χ4n) is 3.09. The Balaban J connectivity index is 2.23. The number of rotatable bonds is 0. The molecule has 2 aliphatic rings. The predicted molar refractivity (Wildman–Crippen MR) is 60.4 cm³/mol. The molecular formula is C11H19BN2O. The fraction of sp³-hybridized carbons (Fsp3) is 0.909. The molecule has 82 valence electrons. The fourth-order valence-corrected chi connectivity index (χ4v) is 3.09. The number of nitrogens with two attached hydrogens (primary N) is 1. The average molecular weight is 206 g/mol. The molecule has 3 unspecified atom stereocenters. The monoisotopic (exact) mass is 206 g/mol. The Morgan fingerprint density at radius 1 is 1.47 bits per heavy atom. The number of fused-ring (bicyclic) bond motifs is 1. The second kappa shape index (κ2) is 3.82. The van der Waals surface area contributed by atoms with Crippen LogP contribution in [0, 0.1) is 5.92 Å². The zero-order valence-electron chi connectivity index (χ0n) is 9.41. The van der Waals surface area contributed by atoms with E-state index in [9.17, 15) is 4.79 Å². The summed E-state index contributed by atoms with van der Waals surface area (Å²) in [5.74, 6) is 0.525. The van der Waals surface area contributed by atoms with Crippen LogP contribution >= 0.6 is 0 Å². The van der Waals surface area contributed by atoms with Gasteiger partial charge in [0.2, 0.25) is 5.91 Å². The van der Waals surface area contributed by atoms with Gasteiger partial charge in [0.25, 0.3) is 0 Å². The van der Waals surface area contributed by atoms with E-state index in [1.54, 1.807) is 0 Å². The molecule has 4 heteroatoms. The molecule has 0 aromatic rings. The lowest BCUT2D eigenvalue weighted by Gasteiger charge is -2.45. The van der Waals surface area contributed by atoms with Crippen LogP contribution < -0.4 is 5.73 Å². The summed E-state index contributed by atoms with van der Waals surface area (Å²) < 4.78 is 0. The number of hydrogen-bond donors (Lipinski definition) is 1. The minimum atomic E-state index is -0.573. The normalized spacial score (nSPS) is 42.3. The molecule has 0 bridgehead atoms. The van der Waals surface area contributed by atoms with Crippen molar-refractivity contribution in [3.63, 3.8) is 0 Å². The predicted octanol–water partition coefficient (Wildman–Crippen LogP) is 0.621. The van der Waals surface area contributed by atoms with E-state index in [1.165, 1.54) is 0 Å². The van der Waals surface area contributed by atoms with E-state index in [0.717, 1.165) is 32.1 Å². The first-order valence-corrected chi connectivity index (χ1v) is 5.86. The lowest BCUT2D eigenvalue weighted by molar-refractivity contribution is -0.137. The topological polar surface area (TPSA) is 46.3 Å². The van der Waals surface area contributed by atoms with Gasteiger partial charge in [-0.2, -0.15) is 0 Å². The number of piperidine rings is 1. The van der Waals surface area contributed by atoms with Crippen LogP contribution in [0.25, 0.3) is 0 Å². The Morgan fingerprint density at radius 3 is 2.93 bits per heavy atom. The maximum absolute atomic E-state index is 11.6. The molecule has 1 aliphatic carbocycles. The van der Waals surface area contributed by atoms with E-state index >= 15 is 0 Å². The maximum Gasteiger partial charge on any atom is 0.222 e. The first-order chi connectivity index (χ1) is 7.02. The Bertz CT molecular complexity index is 267. The van der Waals surface area contributed by atoms with Crippen LogP contribution in [0.2, 0.25) is 0 Å². The molecular weight excluding hydrogens is 187 g/mol. The number of nitrogens with zero attached hydrogens (tertiary/aromatic N) is 1. The molecule has 2 radical (unpaired) electrons. The molecule has 15 heavy (non-hydrogen) atoms. The number of carbonyl (C=O) groups is 1. The maximum atomic E-state index is 11.6. The highest BCUT2D eigenvalue weighted by Crippen LogP contribution is 2.37. The first kappa shape index (κ1) is 11.0. The van der Waals surface area contributed by atoms with Gasteiger partial charge in [0.1, 0.15) is 0 Å². The highest BCUT2D eigenvalue weighted by Gasteiger charge is 2.42. The molecule has 0 spiro atoms. The second-order valence-corrected chi connectivity index (χ2v) is 5.08. The molecule has 3 nitrogen and oxygen atoms in total. The van der Waals surface area contributed by atoms with Crippen molar-refractivity contribution in [1.82, 2.24) is 4.90 Å². The van der Waals surface area contributed by atoms with Crippen LogP contribution in [0.1, 0.15) is 38.5 Å². The van der Waals surface area contributed by atoms with Gasteiger partial charge in [0, 0.05) is 19.5 Å². The van der Waals surface area contributed by atoms with E-state index < -0.39 is 5.44 Å². The minimum absolute atomic E-state index is 0.244. The summed E-state index contributed by atoms with van der Waals surface area (Å²) in [5.41, 5.74) is 5.61. The lowest BCUT2D eigenvalue weighted by atomic mass is 9.62. The zero-order chi connectivity index (χ0) is 11.1. The summed E-state index contributed by atoms with van der Waals surface area (Å²) in [7, 11) is 8.07. The van der Waals surface area contributed by atoms with Crippen molar-refractivity contribution in [2.75, 3.05) is 7.05 Å². The summed E-state index contributed by atoms with van der Waals surface area (Å²) in [5, 5.41) is 0. The summed E-state index contributed by atoms with van der Waals surface area (Å²) in [6.45, 7) is 0. The van der Waals surface area contributed by atoms with Crippen LogP contribution in [0.3, 0.4) is 0 Å². The van der Waals surface area contributed by atoms with Crippen molar-refractivity contribution in [2.45, 2.75) is 50.0 Å². The van der Waals surface area contributed by atoms with Gasteiger partial charge in [0.15, 0.2) is 0 Å². The Morgan fingerprint density at radius 2 is 2.20 bits per heavy atom. The second-order valence-electron chi connectivity index (χ2n) is 5.08. The van der Waals surface area contributed by atoms with Crippen molar-refractivity contribution in [1.29, 1.82) is 0 Å². The van der Waals surface area contributed by atoms with E-state index in [1.807, 2.05) is 11.9 Å².